The van der Waals surface area contributed by atoms with Gasteiger partial charge in [0.25, 0.3) is 0 Å². The topological polar surface area (TPSA) is 92.1 Å². The second-order valence-electron chi connectivity index (χ2n) is 9.94. The number of methoxy groups -OCH3 is 2. The Morgan fingerprint density at radius 1 is 1.16 bits per heavy atom. The predicted octanol–water partition coefficient (Wildman–Crippen LogP) is 5.66. The molecule has 1 fully saturated rings. The fourth-order valence-electron chi connectivity index (χ4n) is 5.49. The smallest absolute Gasteiger partial charge is 0.303 e. The highest BCUT2D eigenvalue weighted by Gasteiger charge is 2.31. The number of rotatable bonds is 13. The first-order chi connectivity index (χ1) is 18.5. The van der Waals surface area contributed by atoms with Crippen molar-refractivity contribution in [3.05, 3.63) is 60.3 Å². The van der Waals surface area contributed by atoms with Crippen LogP contribution in [0.4, 0.5) is 0 Å². The van der Waals surface area contributed by atoms with Crippen molar-refractivity contribution in [2.24, 2.45) is 11.8 Å². The van der Waals surface area contributed by atoms with Gasteiger partial charge in [0.15, 0.2) is 0 Å². The van der Waals surface area contributed by atoms with Crippen molar-refractivity contribution in [1.29, 1.82) is 0 Å². The molecule has 0 bridgehead atoms. The van der Waals surface area contributed by atoms with Gasteiger partial charge in [-0.15, -0.1) is 11.8 Å². The number of pyridine rings is 1. The predicted molar refractivity (Wildman–Crippen MR) is 151 cm³/mol. The number of ether oxygens (including phenoxy) is 2. The van der Waals surface area contributed by atoms with Crippen molar-refractivity contribution in [3.8, 4) is 11.5 Å². The molecule has 204 valence electrons. The number of aliphatic hydroxyl groups is 1. The summed E-state index contributed by atoms with van der Waals surface area (Å²) in [6.07, 6.45) is 4.63. The molecule has 1 aromatic heterocycles. The molecule has 3 atom stereocenters. The van der Waals surface area contributed by atoms with Gasteiger partial charge in [0.1, 0.15) is 11.5 Å². The van der Waals surface area contributed by atoms with Crippen molar-refractivity contribution >= 4 is 28.6 Å². The molecule has 2 aromatic carbocycles. The lowest BCUT2D eigenvalue weighted by molar-refractivity contribution is -0.139. The lowest BCUT2D eigenvalue weighted by atomic mass is 9.79. The van der Waals surface area contributed by atoms with E-state index in [4.69, 9.17) is 9.47 Å². The quantitative estimate of drug-likeness (QED) is 0.213. The van der Waals surface area contributed by atoms with E-state index in [1.165, 1.54) is 0 Å². The third-order valence-electron chi connectivity index (χ3n) is 7.51. The van der Waals surface area contributed by atoms with Gasteiger partial charge in [0, 0.05) is 29.4 Å². The van der Waals surface area contributed by atoms with Gasteiger partial charge in [-0.2, -0.15) is 0 Å². The molecule has 2 heterocycles. The SMILES string of the molecule is COc1ccc2nccc([C@@H](O)CC[C@@H]3CCN(CCCSc4ccccc4OC)C[C@@H]3CC(=O)O)c2c1. The van der Waals surface area contributed by atoms with Gasteiger partial charge in [0.05, 0.1) is 25.8 Å². The van der Waals surface area contributed by atoms with Crippen LogP contribution in [0.3, 0.4) is 0 Å². The van der Waals surface area contributed by atoms with Crippen LogP contribution in [0.2, 0.25) is 0 Å². The van der Waals surface area contributed by atoms with Gasteiger partial charge in [-0.05, 0) is 98.3 Å². The van der Waals surface area contributed by atoms with Crippen LogP contribution in [0.15, 0.2) is 59.6 Å². The zero-order chi connectivity index (χ0) is 26.9. The number of nitrogens with zero attached hydrogens (tertiary/aromatic N) is 2. The number of likely N-dealkylation sites (tertiary alicyclic amines) is 1. The summed E-state index contributed by atoms with van der Waals surface area (Å²) in [5.41, 5.74) is 1.66. The summed E-state index contributed by atoms with van der Waals surface area (Å²) in [5.74, 6) is 2.24. The Morgan fingerprint density at radius 2 is 2.00 bits per heavy atom. The van der Waals surface area contributed by atoms with Gasteiger partial charge in [-0.1, -0.05) is 12.1 Å². The summed E-state index contributed by atoms with van der Waals surface area (Å²) in [4.78, 5) is 19.6. The number of carbonyl (C=O) groups is 1. The van der Waals surface area contributed by atoms with E-state index >= 15 is 0 Å². The van der Waals surface area contributed by atoms with Gasteiger partial charge in [0.2, 0.25) is 0 Å². The third-order valence-corrected chi connectivity index (χ3v) is 8.65. The number of carboxylic acids is 1. The van der Waals surface area contributed by atoms with Gasteiger partial charge < -0.3 is 24.6 Å². The molecule has 0 amide bonds. The minimum absolute atomic E-state index is 0.0876. The third kappa shape index (κ3) is 7.40. The maximum Gasteiger partial charge on any atom is 0.303 e. The van der Waals surface area contributed by atoms with Crippen LogP contribution in [0, 0.1) is 11.8 Å². The van der Waals surface area contributed by atoms with E-state index in [-0.39, 0.29) is 18.3 Å². The molecule has 38 heavy (non-hydrogen) atoms. The Balaban J connectivity index is 1.31. The monoisotopic (exact) mass is 538 g/mol. The summed E-state index contributed by atoms with van der Waals surface area (Å²) in [5, 5.41) is 21.6. The van der Waals surface area contributed by atoms with E-state index in [1.54, 1.807) is 32.2 Å². The normalized spacial score (nSPS) is 18.8. The molecule has 1 aliphatic heterocycles. The minimum atomic E-state index is -0.749. The Labute approximate surface area is 229 Å². The van der Waals surface area contributed by atoms with E-state index in [0.29, 0.717) is 6.42 Å². The number of benzene rings is 2. The molecule has 3 aromatic rings. The van der Waals surface area contributed by atoms with Crippen molar-refractivity contribution in [2.75, 3.05) is 39.6 Å². The molecule has 8 heteroatoms. The average Bonchev–Trinajstić information content (AvgIpc) is 2.94. The number of fused-ring (bicyclic) bond motifs is 1. The van der Waals surface area contributed by atoms with E-state index in [1.807, 2.05) is 42.5 Å². The molecule has 1 aliphatic rings. The summed E-state index contributed by atoms with van der Waals surface area (Å²) in [6, 6.07) is 15.6. The average molecular weight is 539 g/mol. The number of piperidine rings is 1. The van der Waals surface area contributed by atoms with Crippen molar-refractivity contribution in [3.63, 3.8) is 0 Å². The van der Waals surface area contributed by atoms with Crippen LogP contribution in [-0.4, -0.2) is 65.7 Å². The number of hydrogen-bond donors (Lipinski definition) is 2. The first-order valence-electron chi connectivity index (χ1n) is 13.3. The lowest BCUT2D eigenvalue weighted by Gasteiger charge is -2.38. The van der Waals surface area contributed by atoms with Gasteiger partial charge >= 0.3 is 5.97 Å². The maximum absolute atomic E-state index is 11.7. The van der Waals surface area contributed by atoms with Crippen LogP contribution in [0.1, 0.15) is 43.8 Å². The summed E-state index contributed by atoms with van der Waals surface area (Å²) in [7, 11) is 3.32. The number of aliphatic hydroxyl groups excluding tert-OH is 1. The summed E-state index contributed by atoms with van der Waals surface area (Å²) >= 11 is 1.80. The maximum atomic E-state index is 11.7. The first-order valence-corrected chi connectivity index (χ1v) is 14.3. The first kappa shape index (κ1) is 28.2. The minimum Gasteiger partial charge on any atom is -0.497 e. The number of aromatic nitrogens is 1. The van der Waals surface area contributed by atoms with Crippen molar-refractivity contribution in [2.45, 2.75) is 43.1 Å². The number of aliphatic carboxylic acids is 1. The van der Waals surface area contributed by atoms with E-state index < -0.39 is 12.1 Å². The van der Waals surface area contributed by atoms with Gasteiger partial charge in [-0.25, -0.2) is 0 Å². The molecule has 0 spiro atoms. The highest BCUT2D eigenvalue weighted by molar-refractivity contribution is 7.99. The van der Waals surface area contributed by atoms with Crippen LogP contribution in [0.5, 0.6) is 11.5 Å². The number of thioether (sulfide) groups is 1. The highest BCUT2D eigenvalue weighted by Crippen LogP contribution is 2.35. The highest BCUT2D eigenvalue weighted by atomic mass is 32.2. The van der Waals surface area contributed by atoms with Crippen LogP contribution in [0.25, 0.3) is 10.9 Å². The number of hydrogen-bond acceptors (Lipinski definition) is 7. The fourth-order valence-corrected chi connectivity index (χ4v) is 6.46. The zero-order valence-corrected chi connectivity index (χ0v) is 23.0. The molecule has 4 rings (SSSR count). The standard InChI is InChI=1S/C30H38N2O5S/c1-36-23-9-10-26-25(19-23)24(12-14-31-26)27(33)11-8-21-13-16-32(20-22(21)18-30(34)35)15-5-17-38-29-7-4-3-6-28(29)37-2/h3-4,6-7,9-10,12,14,19,21-22,27,33H,5,8,11,13,15-18,20H2,1-2H3,(H,34,35)/t21-,22+,27+/m1/s1. The Kier molecular flexibility index (Phi) is 10.3. The van der Waals surface area contributed by atoms with Crippen LogP contribution < -0.4 is 9.47 Å². The van der Waals surface area contributed by atoms with Crippen LogP contribution >= 0.6 is 11.8 Å². The van der Waals surface area contributed by atoms with Crippen molar-refractivity contribution < 1.29 is 24.5 Å². The second-order valence-corrected chi connectivity index (χ2v) is 11.1. The molecule has 1 saturated heterocycles. The van der Waals surface area contributed by atoms with E-state index in [2.05, 4.69) is 16.0 Å². The van der Waals surface area contributed by atoms with Crippen molar-refractivity contribution in [1.82, 2.24) is 9.88 Å². The van der Waals surface area contributed by atoms with Gasteiger partial charge in [-0.3, -0.25) is 9.78 Å². The summed E-state index contributed by atoms with van der Waals surface area (Å²) < 4.78 is 10.8. The molecule has 0 radical (unpaired) electrons. The van der Waals surface area contributed by atoms with E-state index in [0.717, 1.165) is 77.5 Å². The molecule has 0 saturated carbocycles. The number of para-hydroxylation sites is 1. The summed E-state index contributed by atoms with van der Waals surface area (Å²) in [6.45, 7) is 2.71. The zero-order valence-electron chi connectivity index (χ0n) is 22.2. The molecular weight excluding hydrogens is 500 g/mol. The largest absolute Gasteiger partial charge is 0.497 e. The van der Waals surface area contributed by atoms with Crippen LogP contribution in [-0.2, 0) is 4.79 Å². The molecule has 2 N–H and O–H groups in total. The second kappa shape index (κ2) is 13.8. The molecule has 0 unspecified atom stereocenters. The molecular formula is C30H38N2O5S. The Morgan fingerprint density at radius 3 is 2.79 bits per heavy atom. The van der Waals surface area contributed by atoms with E-state index in [9.17, 15) is 15.0 Å². The lowest BCUT2D eigenvalue weighted by Crippen LogP contribution is -2.42. The molecule has 7 nitrogen and oxygen atoms in total. The Hall–Kier alpha value is -2.81. The molecule has 0 aliphatic carbocycles. The number of carboxylic acid groups (broad SMARTS) is 1. The Bertz CT molecular complexity index is 1210. The fraction of sp³-hybridized carbons (Fsp3) is 0.467.